The number of hydrogen-bond donors (Lipinski definition) is 2. The van der Waals surface area contributed by atoms with Gasteiger partial charge in [0.25, 0.3) is 6.01 Å². The van der Waals surface area contributed by atoms with Crippen molar-refractivity contribution >= 4 is 17.7 Å². The first-order valence-electron chi connectivity index (χ1n) is 13.7. The van der Waals surface area contributed by atoms with Crippen molar-refractivity contribution in [3.63, 3.8) is 0 Å². The van der Waals surface area contributed by atoms with E-state index in [1.54, 1.807) is 24.4 Å². The molecular weight excluding hydrogens is 523 g/mol. The summed E-state index contributed by atoms with van der Waals surface area (Å²) < 4.78 is 45.0. The maximum Gasteiger partial charge on any atom is 0.434 e. The van der Waals surface area contributed by atoms with E-state index in [0.29, 0.717) is 29.1 Å². The molecule has 2 aliphatic carbocycles. The number of nitrogens with one attached hydrogen (secondary N) is 1. The number of rotatable bonds is 7. The van der Waals surface area contributed by atoms with Crippen LogP contribution in [-0.2, 0) is 6.18 Å². The molecule has 3 heterocycles. The second kappa shape index (κ2) is 10.4. The van der Waals surface area contributed by atoms with Crippen LogP contribution in [0.3, 0.4) is 0 Å². The average molecular weight is 556 g/mol. The number of primary amides is 1. The monoisotopic (exact) mass is 555 g/mol. The molecule has 1 amide bonds. The van der Waals surface area contributed by atoms with Gasteiger partial charge in [-0.1, -0.05) is 25.0 Å². The van der Waals surface area contributed by atoms with E-state index < -0.39 is 17.8 Å². The van der Waals surface area contributed by atoms with Crippen molar-refractivity contribution in [2.24, 2.45) is 11.7 Å². The van der Waals surface area contributed by atoms with Gasteiger partial charge in [0.1, 0.15) is 5.82 Å². The Morgan fingerprint density at radius 1 is 1.10 bits per heavy atom. The third kappa shape index (κ3) is 5.12. The number of likely N-dealkylation sites (N-methyl/N-ethyl adjacent to an activating group) is 1. The molecule has 2 bridgehead atoms. The Bertz CT molecular complexity index is 1360. The first-order valence-corrected chi connectivity index (χ1v) is 13.7. The fourth-order valence-electron chi connectivity index (χ4n) is 6.66. The summed E-state index contributed by atoms with van der Waals surface area (Å²) in [5.74, 6) is 1.03. The summed E-state index contributed by atoms with van der Waals surface area (Å²) in [6, 6.07) is 8.21. The SMILES string of the molecule is CN(c1ncc(-c2cccc(C(N)=O)c2)o1)C1CCCCC1NC1CC2CC1N(c1cnc(C(F)(F)F)cn1)C2. The lowest BCUT2D eigenvalue weighted by Gasteiger charge is -2.42. The molecule has 1 saturated heterocycles. The quantitative estimate of drug-likeness (QED) is 0.445. The Morgan fingerprint density at radius 2 is 1.93 bits per heavy atom. The predicted molar refractivity (Wildman–Crippen MR) is 143 cm³/mol. The van der Waals surface area contributed by atoms with E-state index in [2.05, 4.69) is 30.1 Å². The standard InChI is InChI=1S/C28H32F3N7O2/c1-37(27-35-12-23(40-27)17-5-4-6-18(11-17)26(32)39)21-8-3-2-7-19(21)36-20-9-16-10-22(20)38(15-16)25-14-33-24(13-34-25)28(29,30)31/h4-6,11-14,16,19-22,36H,2-3,7-10,15H2,1H3,(H2,32,39). The van der Waals surface area contributed by atoms with Crippen molar-refractivity contribution in [3.05, 3.63) is 54.1 Å². The van der Waals surface area contributed by atoms with Gasteiger partial charge < -0.3 is 25.3 Å². The minimum Gasteiger partial charge on any atom is -0.423 e. The van der Waals surface area contributed by atoms with Gasteiger partial charge in [0, 0.05) is 48.9 Å². The molecule has 0 spiro atoms. The average Bonchev–Trinajstić information content (AvgIpc) is 3.69. The minimum atomic E-state index is -4.50. The molecule has 2 aromatic heterocycles. The van der Waals surface area contributed by atoms with Crippen LogP contribution in [0.4, 0.5) is 25.0 Å². The number of piperidine rings is 1. The molecule has 3 aliphatic rings. The van der Waals surface area contributed by atoms with Crippen LogP contribution in [0.25, 0.3) is 11.3 Å². The van der Waals surface area contributed by atoms with Crippen molar-refractivity contribution in [1.29, 1.82) is 0 Å². The predicted octanol–water partition coefficient (Wildman–Crippen LogP) is 4.25. The lowest BCUT2D eigenvalue weighted by molar-refractivity contribution is -0.141. The van der Waals surface area contributed by atoms with Crippen LogP contribution in [0.1, 0.15) is 54.6 Å². The molecule has 0 radical (unpaired) electrons. The molecule has 6 rings (SSSR count). The first kappa shape index (κ1) is 26.5. The number of carbonyl (C=O) groups is 1. The lowest BCUT2D eigenvalue weighted by Crippen LogP contribution is -2.58. The minimum absolute atomic E-state index is 0.162. The van der Waals surface area contributed by atoms with Crippen LogP contribution >= 0.6 is 0 Å². The third-order valence-electron chi connectivity index (χ3n) is 8.59. The van der Waals surface area contributed by atoms with Gasteiger partial charge >= 0.3 is 6.18 Å². The van der Waals surface area contributed by atoms with Gasteiger partial charge in [-0.05, 0) is 43.7 Å². The number of anilines is 2. The normalized spacial score (nSPS) is 26.3. The van der Waals surface area contributed by atoms with Gasteiger partial charge in [-0.15, -0.1) is 0 Å². The van der Waals surface area contributed by atoms with Gasteiger partial charge in [-0.25, -0.2) is 15.0 Å². The number of alkyl halides is 3. The molecule has 212 valence electrons. The van der Waals surface area contributed by atoms with Crippen LogP contribution in [0.15, 0.2) is 47.3 Å². The van der Waals surface area contributed by atoms with E-state index in [-0.39, 0.29) is 24.2 Å². The second-order valence-electron chi connectivity index (χ2n) is 11.1. The molecule has 1 aromatic carbocycles. The van der Waals surface area contributed by atoms with Gasteiger partial charge in [0.2, 0.25) is 5.91 Å². The van der Waals surface area contributed by atoms with Crippen molar-refractivity contribution in [1.82, 2.24) is 20.3 Å². The van der Waals surface area contributed by atoms with Crippen molar-refractivity contribution in [2.75, 3.05) is 23.4 Å². The summed E-state index contributed by atoms with van der Waals surface area (Å²) in [4.78, 5) is 28.1. The molecule has 1 aliphatic heterocycles. The maximum absolute atomic E-state index is 13.0. The zero-order valence-electron chi connectivity index (χ0n) is 22.1. The summed E-state index contributed by atoms with van der Waals surface area (Å²) in [5, 5.41) is 3.91. The molecule has 12 heteroatoms. The van der Waals surface area contributed by atoms with Crippen molar-refractivity contribution in [2.45, 2.75) is 68.9 Å². The van der Waals surface area contributed by atoms with Crippen LogP contribution in [0.2, 0.25) is 0 Å². The molecule has 5 atom stereocenters. The van der Waals surface area contributed by atoms with E-state index in [1.165, 1.54) is 6.20 Å². The highest BCUT2D eigenvalue weighted by Gasteiger charge is 2.47. The number of amides is 1. The van der Waals surface area contributed by atoms with E-state index in [1.807, 2.05) is 13.1 Å². The molecule has 3 N–H and O–H groups in total. The van der Waals surface area contributed by atoms with Gasteiger partial charge in [-0.2, -0.15) is 13.2 Å². The summed E-state index contributed by atoms with van der Waals surface area (Å²) in [5.41, 5.74) is 5.59. The van der Waals surface area contributed by atoms with Crippen LogP contribution in [-0.4, -0.2) is 58.6 Å². The Hall–Kier alpha value is -3.67. The van der Waals surface area contributed by atoms with E-state index in [0.717, 1.165) is 56.8 Å². The number of benzene rings is 1. The Kier molecular flexibility index (Phi) is 6.89. The fourth-order valence-corrected chi connectivity index (χ4v) is 6.66. The van der Waals surface area contributed by atoms with Gasteiger partial charge in [0.05, 0.1) is 18.6 Å². The number of nitrogens with zero attached hydrogens (tertiary/aromatic N) is 5. The number of carbonyl (C=O) groups excluding carboxylic acids is 1. The Labute approximate surface area is 230 Å². The molecule has 40 heavy (non-hydrogen) atoms. The van der Waals surface area contributed by atoms with Gasteiger partial charge in [0.15, 0.2) is 11.5 Å². The number of halogens is 3. The topological polar surface area (TPSA) is 113 Å². The summed E-state index contributed by atoms with van der Waals surface area (Å²) >= 11 is 0. The number of hydrogen-bond acceptors (Lipinski definition) is 8. The Balaban J connectivity index is 1.15. The maximum atomic E-state index is 13.0. The summed E-state index contributed by atoms with van der Waals surface area (Å²) in [6.45, 7) is 0.785. The highest BCUT2D eigenvalue weighted by molar-refractivity contribution is 5.93. The van der Waals surface area contributed by atoms with E-state index in [9.17, 15) is 18.0 Å². The summed E-state index contributed by atoms with van der Waals surface area (Å²) in [6.07, 6.45) is 5.47. The second-order valence-corrected chi connectivity index (χ2v) is 11.1. The van der Waals surface area contributed by atoms with E-state index >= 15 is 0 Å². The van der Waals surface area contributed by atoms with Crippen molar-refractivity contribution in [3.8, 4) is 11.3 Å². The summed E-state index contributed by atoms with van der Waals surface area (Å²) in [7, 11) is 1.99. The molecule has 2 saturated carbocycles. The molecule has 3 fully saturated rings. The number of nitrogens with two attached hydrogens (primary N) is 1. The lowest BCUT2D eigenvalue weighted by atomic mass is 9.88. The number of oxazole rings is 1. The van der Waals surface area contributed by atoms with E-state index in [4.69, 9.17) is 10.2 Å². The molecule has 9 nitrogen and oxygen atoms in total. The molecular formula is C28H32F3N7O2. The molecule has 5 unspecified atom stereocenters. The fraction of sp³-hybridized carbons (Fsp3) is 0.500. The van der Waals surface area contributed by atoms with Crippen LogP contribution < -0.4 is 20.9 Å². The first-order chi connectivity index (χ1) is 19.2. The van der Waals surface area contributed by atoms with Crippen LogP contribution in [0.5, 0.6) is 0 Å². The zero-order chi connectivity index (χ0) is 28.0. The largest absolute Gasteiger partial charge is 0.434 e. The Morgan fingerprint density at radius 3 is 2.65 bits per heavy atom. The number of fused-ring (bicyclic) bond motifs is 2. The van der Waals surface area contributed by atoms with Crippen molar-refractivity contribution < 1.29 is 22.4 Å². The highest BCUT2D eigenvalue weighted by atomic mass is 19.4. The van der Waals surface area contributed by atoms with Gasteiger partial charge in [-0.3, -0.25) is 4.79 Å². The highest BCUT2D eigenvalue weighted by Crippen LogP contribution is 2.41. The van der Waals surface area contributed by atoms with Crippen LogP contribution in [0, 0.1) is 5.92 Å². The third-order valence-corrected chi connectivity index (χ3v) is 8.59. The zero-order valence-corrected chi connectivity index (χ0v) is 22.1. The smallest absolute Gasteiger partial charge is 0.423 e. The number of aromatic nitrogens is 3. The molecule has 3 aromatic rings.